The molecule has 0 radical (unpaired) electrons. The SMILES string of the molecule is CCOC(=O)c1cc(NC(=O)N2CCC[C@H](COC)C2)c[nH]1. The molecule has 0 spiro atoms. The molecule has 7 heteroatoms. The highest BCUT2D eigenvalue weighted by atomic mass is 16.5. The van der Waals surface area contributed by atoms with E-state index in [1.54, 1.807) is 31.2 Å². The van der Waals surface area contributed by atoms with Gasteiger partial charge in [-0.15, -0.1) is 0 Å². The van der Waals surface area contributed by atoms with E-state index in [9.17, 15) is 9.59 Å². The van der Waals surface area contributed by atoms with Crippen molar-refractivity contribution in [1.29, 1.82) is 0 Å². The number of nitrogens with one attached hydrogen (secondary N) is 2. The highest BCUT2D eigenvalue weighted by molar-refractivity contribution is 5.93. The molecule has 1 aliphatic heterocycles. The fourth-order valence-corrected chi connectivity index (χ4v) is 2.62. The van der Waals surface area contributed by atoms with E-state index in [-0.39, 0.29) is 6.03 Å². The number of likely N-dealkylation sites (tertiary alicyclic amines) is 1. The van der Waals surface area contributed by atoms with Crippen molar-refractivity contribution in [2.75, 3.05) is 38.7 Å². The van der Waals surface area contributed by atoms with Crippen molar-refractivity contribution in [3.63, 3.8) is 0 Å². The Morgan fingerprint density at radius 1 is 1.50 bits per heavy atom. The monoisotopic (exact) mass is 309 g/mol. The molecule has 1 aliphatic rings. The van der Waals surface area contributed by atoms with E-state index in [1.165, 1.54) is 0 Å². The number of urea groups is 1. The molecule has 0 saturated carbocycles. The zero-order chi connectivity index (χ0) is 15.9. The van der Waals surface area contributed by atoms with Crippen LogP contribution < -0.4 is 5.32 Å². The molecular weight excluding hydrogens is 286 g/mol. The smallest absolute Gasteiger partial charge is 0.354 e. The highest BCUT2D eigenvalue weighted by Gasteiger charge is 2.24. The number of carbonyl (C=O) groups is 2. The molecular formula is C15H23N3O4. The number of esters is 1. The van der Waals surface area contributed by atoms with Crippen molar-refractivity contribution in [2.45, 2.75) is 19.8 Å². The van der Waals surface area contributed by atoms with E-state index in [1.807, 2.05) is 0 Å². The Labute approximate surface area is 130 Å². The van der Waals surface area contributed by atoms with Crippen molar-refractivity contribution >= 4 is 17.7 Å². The number of methoxy groups -OCH3 is 1. The largest absolute Gasteiger partial charge is 0.461 e. The Morgan fingerprint density at radius 2 is 2.32 bits per heavy atom. The molecule has 1 aromatic heterocycles. The maximum absolute atomic E-state index is 12.3. The molecule has 2 heterocycles. The van der Waals surface area contributed by atoms with Crippen LogP contribution in [0.2, 0.25) is 0 Å². The van der Waals surface area contributed by atoms with Crippen LogP contribution in [-0.2, 0) is 9.47 Å². The van der Waals surface area contributed by atoms with Crippen molar-refractivity contribution in [1.82, 2.24) is 9.88 Å². The van der Waals surface area contributed by atoms with Gasteiger partial charge in [-0.25, -0.2) is 9.59 Å². The summed E-state index contributed by atoms with van der Waals surface area (Å²) >= 11 is 0. The molecule has 22 heavy (non-hydrogen) atoms. The van der Waals surface area contributed by atoms with Crippen molar-refractivity contribution in [2.24, 2.45) is 5.92 Å². The third-order valence-electron chi connectivity index (χ3n) is 3.64. The molecule has 2 N–H and O–H groups in total. The van der Waals surface area contributed by atoms with Crippen LogP contribution in [0.25, 0.3) is 0 Å². The summed E-state index contributed by atoms with van der Waals surface area (Å²) in [7, 11) is 1.68. The number of aromatic amines is 1. The average molecular weight is 309 g/mol. The lowest BCUT2D eigenvalue weighted by molar-refractivity contribution is 0.0520. The quantitative estimate of drug-likeness (QED) is 0.816. The minimum atomic E-state index is -0.430. The lowest BCUT2D eigenvalue weighted by atomic mass is 9.99. The van der Waals surface area contributed by atoms with Gasteiger partial charge < -0.3 is 24.7 Å². The molecule has 0 bridgehead atoms. The number of nitrogens with zero attached hydrogens (tertiary/aromatic N) is 1. The van der Waals surface area contributed by atoms with Gasteiger partial charge in [0.05, 0.1) is 18.9 Å². The predicted octanol–water partition coefficient (Wildman–Crippen LogP) is 2.08. The zero-order valence-corrected chi connectivity index (χ0v) is 13.1. The van der Waals surface area contributed by atoms with E-state index in [0.717, 1.165) is 19.4 Å². The van der Waals surface area contributed by atoms with E-state index in [2.05, 4.69) is 10.3 Å². The van der Waals surface area contributed by atoms with E-state index in [0.29, 0.717) is 37.1 Å². The molecule has 1 atom stereocenters. The molecule has 2 rings (SSSR count). The summed E-state index contributed by atoms with van der Waals surface area (Å²) in [6, 6.07) is 1.42. The number of anilines is 1. The second-order valence-corrected chi connectivity index (χ2v) is 5.36. The summed E-state index contributed by atoms with van der Waals surface area (Å²) in [4.78, 5) is 28.4. The summed E-state index contributed by atoms with van der Waals surface area (Å²) in [5.41, 5.74) is 0.884. The number of amides is 2. The van der Waals surface area contributed by atoms with Gasteiger partial charge in [0.2, 0.25) is 0 Å². The Kier molecular flexibility index (Phi) is 5.83. The third kappa shape index (κ3) is 4.24. The van der Waals surface area contributed by atoms with Gasteiger partial charge in [0.1, 0.15) is 5.69 Å². The molecule has 1 aromatic rings. The number of H-pyrrole nitrogens is 1. The van der Waals surface area contributed by atoms with Crippen molar-refractivity contribution < 1.29 is 19.1 Å². The molecule has 122 valence electrons. The second-order valence-electron chi connectivity index (χ2n) is 5.36. The van der Waals surface area contributed by atoms with Gasteiger partial charge in [-0.3, -0.25) is 0 Å². The summed E-state index contributed by atoms with van der Waals surface area (Å²) < 4.78 is 10.1. The Bertz CT molecular complexity index is 513. The minimum absolute atomic E-state index is 0.157. The fourth-order valence-electron chi connectivity index (χ4n) is 2.62. The second kappa shape index (κ2) is 7.84. The van der Waals surface area contributed by atoms with Crippen LogP contribution in [0.5, 0.6) is 0 Å². The third-order valence-corrected chi connectivity index (χ3v) is 3.64. The standard InChI is InChI=1S/C15H23N3O4/c1-3-22-14(19)13-7-12(8-16-13)17-15(20)18-6-4-5-11(9-18)10-21-2/h7-8,11,16H,3-6,9-10H2,1-2H3,(H,17,20)/t11-/m0/s1. The first-order chi connectivity index (χ1) is 10.6. The van der Waals surface area contributed by atoms with Crippen LogP contribution in [0, 0.1) is 5.92 Å². The lowest BCUT2D eigenvalue weighted by Crippen LogP contribution is -2.43. The minimum Gasteiger partial charge on any atom is -0.461 e. The average Bonchev–Trinajstić information content (AvgIpc) is 2.97. The summed E-state index contributed by atoms with van der Waals surface area (Å²) in [5, 5.41) is 2.80. The number of ether oxygens (including phenoxy) is 2. The lowest BCUT2D eigenvalue weighted by Gasteiger charge is -2.32. The maximum atomic E-state index is 12.3. The summed E-state index contributed by atoms with van der Waals surface area (Å²) in [6.07, 6.45) is 3.64. The number of carbonyl (C=O) groups excluding carboxylic acids is 2. The first-order valence-corrected chi connectivity index (χ1v) is 7.54. The molecule has 0 aromatic carbocycles. The van der Waals surface area contributed by atoms with Crippen LogP contribution in [-0.4, -0.2) is 55.3 Å². The summed E-state index contributed by atoms with van der Waals surface area (Å²) in [6.45, 7) is 4.15. The van der Waals surface area contributed by atoms with Crippen LogP contribution in [0.15, 0.2) is 12.3 Å². The van der Waals surface area contributed by atoms with Crippen molar-refractivity contribution in [3.05, 3.63) is 18.0 Å². The normalized spacial score (nSPS) is 18.1. The number of piperidine rings is 1. The topological polar surface area (TPSA) is 83.7 Å². The van der Waals surface area contributed by atoms with Gasteiger partial charge in [0.15, 0.2) is 0 Å². The highest BCUT2D eigenvalue weighted by Crippen LogP contribution is 2.18. The van der Waals surface area contributed by atoms with Crippen LogP contribution >= 0.6 is 0 Å². The van der Waals surface area contributed by atoms with E-state index in [4.69, 9.17) is 9.47 Å². The number of hydrogen-bond acceptors (Lipinski definition) is 4. The first kappa shape index (κ1) is 16.4. The van der Waals surface area contributed by atoms with Gasteiger partial charge >= 0.3 is 12.0 Å². The van der Waals surface area contributed by atoms with Gasteiger partial charge in [0.25, 0.3) is 0 Å². The molecule has 2 amide bonds. The Hall–Kier alpha value is -2.02. The number of hydrogen-bond donors (Lipinski definition) is 2. The number of rotatable bonds is 5. The van der Waals surface area contributed by atoms with Gasteiger partial charge in [-0.1, -0.05) is 0 Å². The molecule has 7 nitrogen and oxygen atoms in total. The maximum Gasteiger partial charge on any atom is 0.354 e. The first-order valence-electron chi connectivity index (χ1n) is 7.54. The van der Waals surface area contributed by atoms with E-state index >= 15 is 0 Å². The van der Waals surface area contributed by atoms with Gasteiger partial charge in [-0.2, -0.15) is 0 Å². The van der Waals surface area contributed by atoms with E-state index < -0.39 is 5.97 Å². The van der Waals surface area contributed by atoms with Gasteiger partial charge in [0, 0.05) is 32.3 Å². The summed E-state index contributed by atoms with van der Waals surface area (Å²) in [5.74, 6) is -0.0491. The number of aromatic nitrogens is 1. The van der Waals surface area contributed by atoms with Crippen LogP contribution in [0.4, 0.5) is 10.5 Å². The Morgan fingerprint density at radius 3 is 3.05 bits per heavy atom. The van der Waals surface area contributed by atoms with Crippen LogP contribution in [0.3, 0.4) is 0 Å². The zero-order valence-electron chi connectivity index (χ0n) is 13.1. The molecule has 0 aliphatic carbocycles. The molecule has 1 saturated heterocycles. The molecule has 0 unspecified atom stereocenters. The van der Waals surface area contributed by atoms with Crippen LogP contribution in [0.1, 0.15) is 30.3 Å². The van der Waals surface area contributed by atoms with Crippen molar-refractivity contribution in [3.8, 4) is 0 Å². The molecule has 1 fully saturated rings. The predicted molar refractivity (Wildman–Crippen MR) is 81.9 cm³/mol. The fraction of sp³-hybridized carbons (Fsp3) is 0.600. The van der Waals surface area contributed by atoms with Gasteiger partial charge in [-0.05, 0) is 25.8 Å². The Balaban J connectivity index is 1.90.